The number of ether oxygens (including phenoxy) is 3. The molecule has 0 aromatic carbocycles. The molecule has 4 heterocycles. The SMILES string of the molecule is Cc1cc(CN=Cc2nc(OCCN3CCOCC3)cc(N3CCOCC3)n2)oc1C. The molecule has 9 nitrogen and oxygen atoms in total. The Morgan fingerprint density at radius 1 is 1.03 bits per heavy atom. The van der Waals surface area contributed by atoms with Crippen LogP contribution in [-0.2, 0) is 16.0 Å². The highest BCUT2D eigenvalue weighted by Crippen LogP contribution is 2.19. The number of furan rings is 1. The van der Waals surface area contributed by atoms with E-state index >= 15 is 0 Å². The molecule has 4 rings (SSSR count). The third-order valence-electron chi connectivity index (χ3n) is 5.47. The predicted molar refractivity (Wildman–Crippen MR) is 117 cm³/mol. The predicted octanol–water partition coefficient (Wildman–Crippen LogP) is 1.85. The third kappa shape index (κ3) is 6.25. The Kier molecular flexibility index (Phi) is 7.50. The topological polar surface area (TPSA) is 85.5 Å². The molecule has 0 bridgehead atoms. The van der Waals surface area contributed by atoms with E-state index in [-0.39, 0.29) is 0 Å². The van der Waals surface area contributed by atoms with Gasteiger partial charge in [0.1, 0.15) is 23.9 Å². The van der Waals surface area contributed by atoms with Crippen LogP contribution in [0.15, 0.2) is 21.5 Å². The molecule has 2 aromatic heterocycles. The maximum absolute atomic E-state index is 5.99. The van der Waals surface area contributed by atoms with E-state index in [9.17, 15) is 0 Å². The summed E-state index contributed by atoms with van der Waals surface area (Å²) in [6.45, 7) is 12.3. The molecule has 31 heavy (non-hydrogen) atoms. The van der Waals surface area contributed by atoms with Crippen LogP contribution in [0.3, 0.4) is 0 Å². The van der Waals surface area contributed by atoms with Gasteiger partial charge in [-0.05, 0) is 25.5 Å². The van der Waals surface area contributed by atoms with Gasteiger partial charge in [0.05, 0.1) is 39.2 Å². The number of anilines is 1. The minimum atomic E-state index is 0.451. The summed E-state index contributed by atoms with van der Waals surface area (Å²) in [7, 11) is 0. The molecule has 168 valence electrons. The van der Waals surface area contributed by atoms with Gasteiger partial charge in [0.2, 0.25) is 5.88 Å². The van der Waals surface area contributed by atoms with Crippen molar-refractivity contribution in [3.63, 3.8) is 0 Å². The smallest absolute Gasteiger partial charge is 0.219 e. The van der Waals surface area contributed by atoms with E-state index in [1.165, 1.54) is 0 Å². The van der Waals surface area contributed by atoms with Crippen LogP contribution in [0.25, 0.3) is 0 Å². The van der Waals surface area contributed by atoms with Gasteiger partial charge in [0.25, 0.3) is 0 Å². The Balaban J connectivity index is 1.43. The van der Waals surface area contributed by atoms with E-state index in [1.807, 2.05) is 26.0 Å². The molecule has 0 N–H and O–H groups in total. The van der Waals surface area contributed by atoms with Crippen molar-refractivity contribution in [2.45, 2.75) is 20.4 Å². The van der Waals surface area contributed by atoms with Crippen molar-refractivity contribution in [1.29, 1.82) is 0 Å². The molecule has 2 aliphatic heterocycles. The van der Waals surface area contributed by atoms with Crippen molar-refractivity contribution in [2.75, 3.05) is 70.7 Å². The molecule has 9 heteroatoms. The second kappa shape index (κ2) is 10.7. The number of nitrogens with zero attached hydrogens (tertiary/aromatic N) is 5. The van der Waals surface area contributed by atoms with E-state index in [0.717, 1.165) is 68.8 Å². The minimum absolute atomic E-state index is 0.451. The molecule has 2 aromatic rings. The highest BCUT2D eigenvalue weighted by atomic mass is 16.5. The fraction of sp³-hybridized carbons (Fsp3) is 0.591. The second-order valence-electron chi connectivity index (χ2n) is 7.75. The van der Waals surface area contributed by atoms with E-state index < -0.39 is 0 Å². The van der Waals surface area contributed by atoms with Gasteiger partial charge in [0.15, 0.2) is 5.82 Å². The molecule has 0 atom stereocenters. The molecule has 0 radical (unpaired) electrons. The Morgan fingerprint density at radius 3 is 2.48 bits per heavy atom. The van der Waals surface area contributed by atoms with Gasteiger partial charge in [-0.3, -0.25) is 9.89 Å². The first-order chi connectivity index (χ1) is 15.2. The van der Waals surface area contributed by atoms with Crippen molar-refractivity contribution in [3.05, 3.63) is 35.0 Å². The fourth-order valence-electron chi connectivity index (χ4n) is 3.57. The average Bonchev–Trinajstić information content (AvgIpc) is 3.12. The molecule has 0 unspecified atom stereocenters. The molecule has 2 aliphatic rings. The zero-order chi connectivity index (χ0) is 21.5. The largest absolute Gasteiger partial charge is 0.476 e. The van der Waals surface area contributed by atoms with Crippen molar-refractivity contribution in [1.82, 2.24) is 14.9 Å². The molecule has 0 aliphatic carbocycles. The number of aliphatic imine (C=N–C) groups is 1. The third-order valence-corrected chi connectivity index (χ3v) is 5.47. The molecule has 2 saturated heterocycles. The number of aryl methyl sites for hydroxylation is 2. The highest BCUT2D eigenvalue weighted by Gasteiger charge is 2.16. The Hall–Kier alpha value is -2.49. The summed E-state index contributed by atoms with van der Waals surface area (Å²) < 4.78 is 22.6. The zero-order valence-corrected chi connectivity index (χ0v) is 18.4. The van der Waals surface area contributed by atoms with Gasteiger partial charge >= 0.3 is 0 Å². The lowest BCUT2D eigenvalue weighted by atomic mass is 10.3. The van der Waals surface area contributed by atoms with Crippen LogP contribution in [0.2, 0.25) is 0 Å². The quantitative estimate of drug-likeness (QED) is 0.588. The normalized spacial score (nSPS) is 18.1. The van der Waals surface area contributed by atoms with Crippen molar-refractivity contribution in [3.8, 4) is 5.88 Å². The first kappa shape index (κ1) is 21.7. The maximum atomic E-state index is 5.99. The van der Waals surface area contributed by atoms with Crippen LogP contribution >= 0.6 is 0 Å². The first-order valence-corrected chi connectivity index (χ1v) is 10.9. The van der Waals surface area contributed by atoms with Gasteiger partial charge in [-0.2, -0.15) is 4.98 Å². The Labute approximate surface area is 183 Å². The fourth-order valence-corrected chi connectivity index (χ4v) is 3.57. The van der Waals surface area contributed by atoms with Crippen LogP contribution in [0.1, 0.15) is 22.9 Å². The monoisotopic (exact) mass is 429 g/mol. The average molecular weight is 430 g/mol. The summed E-state index contributed by atoms with van der Waals surface area (Å²) in [5.41, 5.74) is 1.13. The van der Waals surface area contributed by atoms with Crippen LogP contribution in [0.4, 0.5) is 5.82 Å². The number of aromatic nitrogens is 2. The van der Waals surface area contributed by atoms with Gasteiger partial charge in [-0.1, -0.05) is 0 Å². The zero-order valence-electron chi connectivity index (χ0n) is 18.4. The van der Waals surface area contributed by atoms with E-state index in [1.54, 1.807) is 6.21 Å². The summed E-state index contributed by atoms with van der Waals surface area (Å²) in [4.78, 5) is 18.2. The maximum Gasteiger partial charge on any atom is 0.219 e. The summed E-state index contributed by atoms with van der Waals surface area (Å²) in [5.74, 6) is 3.69. The summed E-state index contributed by atoms with van der Waals surface area (Å²) in [5, 5.41) is 0. The van der Waals surface area contributed by atoms with E-state index in [2.05, 4.69) is 24.8 Å². The second-order valence-corrected chi connectivity index (χ2v) is 7.75. The molecule has 2 fully saturated rings. The number of hydrogen-bond acceptors (Lipinski definition) is 9. The first-order valence-electron chi connectivity index (χ1n) is 10.9. The van der Waals surface area contributed by atoms with E-state index in [4.69, 9.17) is 18.6 Å². The van der Waals surface area contributed by atoms with Gasteiger partial charge in [-0.25, -0.2) is 4.98 Å². The van der Waals surface area contributed by atoms with Crippen molar-refractivity contribution in [2.24, 2.45) is 4.99 Å². The number of hydrogen-bond donors (Lipinski definition) is 0. The lowest BCUT2D eigenvalue weighted by Gasteiger charge is -2.28. The Morgan fingerprint density at radius 2 is 1.77 bits per heavy atom. The van der Waals surface area contributed by atoms with Gasteiger partial charge in [0, 0.05) is 38.8 Å². The van der Waals surface area contributed by atoms with Gasteiger partial charge < -0.3 is 23.5 Å². The molecular weight excluding hydrogens is 398 g/mol. The molecule has 0 spiro atoms. The van der Waals surface area contributed by atoms with E-state index in [0.29, 0.717) is 38.1 Å². The lowest BCUT2D eigenvalue weighted by molar-refractivity contribution is 0.0320. The van der Waals surface area contributed by atoms with Crippen LogP contribution in [-0.4, -0.2) is 86.8 Å². The lowest BCUT2D eigenvalue weighted by Crippen LogP contribution is -2.38. The molecule has 0 amide bonds. The summed E-state index contributed by atoms with van der Waals surface area (Å²) >= 11 is 0. The minimum Gasteiger partial charge on any atom is -0.476 e. The number of rotatable bonds is 8. The van der Waals surface area contributed by atoms with Crippen LogP contribution in [0, 0.1) is 13.8 Å². The van der Waals surface area contributed by atoms with Crippen molar-refractivity contribution >= 4 is 12.0 Å². The summed E-state index contributed by atoms with van der Waals surface area (Å²) in [6.07, 6.45) is 1.69. The van der Waals surface area contributed by atoms with Crippen LogP contribution in [0.5, 0.6) is 5.88 Å². The molecule has 0 saturated carbocycles. The summed E-state index contributed by atoms with van der Waals surface area (Å²) in [6, 6.07) is 3.92. The van der Waals surface area contributed by atoms with Crippen molar-refractivity contribution < 1.29 is 18.6 Å². The molecular formula is C22H31N5O4. The Bertz CT molecular complexity index is 853. The van der Waals surface area contributed by atoms with Crippen LogP contribution < -0.4 is 9.64 Å². The number of morpholine rings is 2. The standard InChI is InChI=1S/C22H31N5O4/c1-17-13-19(31-18(17)2)15-23-16-20-24-21(27-6-10-29-11-7-27)14-22(25-20)30-12-5-26-3-8-28-9-4-26/h13-14,16H,3-12,15H2,1-2H3. The highest BCUT2D eigenvalue weighted by molar-refractivity contribution is 5.75. The van der Waals surface area contributed by atoms with Gasteiger partial charge in [-0.15, -0.1) is 0 Å².